The van der Waals surface area contributed by atoms with E-state index >= 15 is 0 Å². The number of hydrogen-bond acceptors (Lipinski definition) is 2. The number of benzene rings is 1. The average Bonchev–Trinajstić information content (AvgIpc) is 2.78. The minimum atomic E-state index is -0.243. The van der Waals surface area contributed by atoms with Crippen molar-refractivity contribution >= 4 is 29.1 Å². The van der Waals surface area contributed by atoms with Crippen LogP contribution in [0.25, 0.3) is 0 Å². The lowest BCUT2D eigenvalue weighted by molar-refractivity contribution is 0.0951. The number of rotatable bonds is 3. The molecule has 0 spiro atoms. The van der Waals surface area contributed by atoms with Gasteiger partial charge in [-0.2, -0.15) is 5.10 Å². The normalized spacial score (nSPS) is 10.2. The molecule has 0 atom stereocenters. The Hall–Kier alpha value is -1.52. The van der Waals surface area contributed by atoms with E-state index in [1.807, 2.05) is 0 Å². The smallest absolute Gasteiger partial charge is 0.253 e. The Morgan fingerprint density at radius 2 is 2.24 bits per heavy atom. The van der Waals surface area contributed by atoms with Crippen LogP contribution in [0.3, 0.4) is 0 Å². The summed E-state index contributed by atoms with van der Waals surface area (Å²) in [6.07, 6.45) is 3.35. The summed E-state index contributed by atoms with van der Waals surface area (Å²) in [7, 11) is 0. The first-order chi connectivity index (χ1) is 8.16. The Labute approximate surface area is 108 Å². The van der Waals surface area contributed by atoms with Crippen molar-refractivity contribution in [2.45, 2.75) is 6.54 Å². The molecule has 2 aromatic rings. The highest BCUT2D eigenvalue weighted by Gasteiger charge is 2.10. The molecule has 17 heavy (non-hydrogen) atoms. The van der Waals surface area contributed by atoms with Gasteiger partial charge >= 0.3 is 0 Å². The molecule has 1 heterocycles. The van der Waals surface area contributed by atoms with Crippen LogP contribution in [0.5, 0.6) is 0 Å². The van der Waals surface area contributed by atoms with E-state index in [1.165, 1.54) is 6.07 Å². The molecule has 0 radical (unpaired) electrons. The number of amides is 1. The number of halogens is 2. The van der Waals surface area contributed by atoms with Crippen LogP contribution < -0.4 is 5.32 Å². The van der Waals surface area contributed by atoms with E-state index in [2.05, 4.69) is 15.5 Å². The van der Waals surface area contributed by atoms with Gasteiger partial charge in [-0.1, -0.05) is 23.2 Å². The van der Waals surface area contributed by atoms with Crippen molar-refractivity contribution in [2.75, 3.05) is 0 Å². The van der Waals surface area contributed by atoms with Crippen LogP contribution in [-0.4, -0.2) is 16.1 Å². The third-order valence-corrected chi connectivity index (χ3v) is 2.73. The van der Waals surface area contributed by atoms with Crippen molar-refractivity contribution in [3.05, 3.63) is 51.8 Å². The molecule has 1 aromatic heterocycles. The number of H-pyrrole nitrogens is 1. The Balaban J connectivity index is 2.04. The molecule has 2 N–H and O–H groups in total. The molecule has 0 unspecified atom stereocenters. The van der Waals surface area contributed by atoms with Crippen LogP contribution >= 0.6 is 23.2 Å². The second-order valence-corrected chi connectivity index (χ2v) is 4.26. The zero-order chi connectivity index (χ0) is 12.3. The van der Waals surface area contributed by atoms with E-state index in [0.29, 0.717) is 22.2 Å². The molecular formula is C11H9Cl2N3O. The molecule has 4 nitrogen and oxygen atoms in total. The highest BCUT2D eigenvalue weighted by molar-refractivity contribution is 6.36. The van der Waals surface area contributed by atoms with Gasteiger partial charge < -0.3 is 5.32 Å². The summed E-state index contributed by atoms with van der Waals surface area (Å²) >= 11 is 11.7. The van der Waals surface area contributed by atoms with Gasteiger partial charge in [-0.3, -0.25) is 9.89 Å². The van der Waals surface area contributed by atoms with Gasteiger partial charge in [0.1, 0.15) is 0 Å². The first kappa shape index (κ1) is 12.0. The fourth-order valence-corrected chi connectivity index (χ4v) is 1.82. The SMILES string of the molecule is O=C(NCc1cn[nH]c1)c1ccc(Cl)cc1Cl. The van der Waals surface area contributed by atoms with Gasteiger partial charge in [-0.05, 0) is 18.2 Å². The van der Waals surface area contributed by atoms with Crippen molar-refractivity contribution in [3.8, 4) is 0 Å². The van der Waals surface area contributed by atoms with Gasteiger partial charge in [0, 0.05) is 23.3 Å². The molecule has 0 saturated heterocycles. The largest absolute Gasteiger partial charge is 0.348 e. The van der Waals surface area contributed by atoms with Crippen LogP contribution in [0.4, 0.5) is 0 Å². The lowest BCUT2D eigenvalue weighted by Gasteiger charge is -2.05. The Morgan fingerprint density at radius 1 is 1.41 bits per heavy atom. The third-order valence-electron chi connectivity index (χ3n) is 2.18. The van der Waals surface area contributed by atoms with E-state index in [4.69, 9.17) is 23.2 Å². The number of carbonyl (C=O) groups excluding carboxylic acids is 1. The van der Waals surface area contributed by atoms with Crippen LogP contribution in [0, 0.1) is 0 Å². The molecule has 0 saturated carbocycles. The molecular weight excluding hydrogens is 261 g/mol. The van der Waals surface area contributed by atoms with Crippen LogP contribution in [0.15, 0.2) is 30.6 Å². The fraction of sp³-hybridized carbons (Fsp3) is 0.0909. The number of aromatic nitrogens is 2. The van der Waals surface area contributed by atoms with Crippen molar-refractivity contribution < 1.29 is 4.79 Å². The van der Waals surface area contributed by atoms with Gasteiger partial charge in [-0.15, -0.1) is 0 Å². The standard InChI is InChI=1S/C11H9Cl2N3O/c12-8-1-2-9(10(13)3-8)11(17)14-4-7-5-15-16-6-7/h1-3,5-6H,4H2,(H,14,17)(H,15,16). The summed E-state index contributed by atoms with van der Waals surface area (Å²) in [5.41, 5.74) is 1.29. The summed E-state index contributed by atoms with van der Waals surface area (Å²) in [5, 5.41) is 10.0. The molecule has 1 amide bonds. The number of nitrogens with zero attached hydrogens (tertiary/aromatic N) is 1. The first-order valence-corrected chi connectivity index (χ1v) is 5.63. The number of aromatic amines is 1. The predicted molar refractivity (Wildman–Crippen MR) is 66.2 cm³/mol. The van der Waals surface area contributed by atoms with E-state index < -0.39 is 0 Å². The molecule has 2 rings (SSSR count). The predicted octanol–water partition coefficient (Wildman–Crippen LogP) is 2.65. The van der Waals surface area contributed by atoms with Gasteiger partial charge in [0.25, 0.3) is 5.91 Å². The molecule has 1 aromatic carbocycles. The zero-order valence-electron chi connectivity index (χ0n) is 8.71. The van der Waals surface area contributed by atoms with Gasteiger partial charge in [0.15, 0.2) is 0 Å². The Bertz CT molecular complexity index is 526. The molecule has 0 aliphatic heterocycles. The van der Waals surface area contributed by atoms with E-state index in [0.717, 1.165) is 5.56 Å². The molecule has 0 fully saturated rings. The number of carbonyl (C=O) groups is 1. The third kappa shape index (κ3) is 2.99. The maximum atomic E-state index is 11.8. The summed E-state index contributed by atoms with van der Waals surface area (Å²) in [4.78, 5) is 11.8. The second kappa shape index (κ2) is 5.21. The van der Waals surface area contributed by atoms with E-state index in [1.54, 1.807) is 24.5 Å². The maximum absolute atomic E-state index is 11.8. The highest BCUT2D eigenvalue weighted by Crippen LogP contribution is 2.20. The van der Waals surface area contributed by atoms with Crippen molar-refractivity contribution in [1.82, 2.24) is 15.5 Å². The van der Waals surface area contributed by atoms with Gasteiger partial charge in [0.05, 0.1) is 16.8 Å². The molecule has 0 aliphatic carbocycles. The quantitative estimate of drug-likeness (QED) is 0.900. The summed E-state index contributed by atoms with van der Waals surface area (Å²) in [5.74, 6) is -0.243. The monoisotopic (exact) mass is 269 g/mol. The zero-order valence-corrected chi connectivity index (χ0v) is 10.2. The van der Waals surface area contributed by atoms with Crippen molar-refractivity contribution in [2.24, 2.45) is 0 Å². The summed E-state index contributed by atoms with van der Waals surface area (Å²) in [6.45, 7) is 0.397. The first-order valence-electron chi connectivity index (χ1n) is 4.88. The van der Waals surface area contributed by atoms with Crippen molar-refractivity contribution in [1.29, 1.82) is 0 Å². The van der Waals surface area contributed by atoms with Crippen LogP contribution in [0.1, 0.15) is 15.9 Å². The maximum Gasteiger partial charge on any atom is 0.253 e. The molecule has 88 valence electrons. The second-order valence-electron chi connectivity index (χ2n) is 3.41. The molecule has 6 heteroatoms. The van der Waals surface area contributed by atoms with Crippen LogP contribution in [0.2, 0.25) is 10.0 Å². The van der Waals surface area contributed by atoms with Gasteiger partial charge in [-0.25, -0.2) is 0 Å². The van der Waals surface area contributed by atoms with E-state index in [9.17, 15) is 4.79 Å². The van der Waals surface area contributed by atoms with E-state index in [-0.39, 0.29) is 5.91 Å². The lowest BCUT2D eigenvalue weighted by atomic mass is 10.2. The minimum absolute atomic E-state index is 0.243. The Morgan fingerprint density at radius 3 is 2.88 bits per heavy atom. The molecule has 0 bridgehead atoms. The average molecular weight is 270 g/mol. The number of nitrogens with one attached hydrogen (secondary N) is 2. The fourth-order valence-electron chi connectivity index (χ4n) is 1.33. The van der Waals surface area contributed by atoms with Crippen LogP contribution in [-0.2, 0) is 6.54 Å². The summed E-state index contributed by atoms with van der Waals surface area (Å²) in [6, 6.07) is 4.76. The summed E-state index contributed by atoms with van der Waals surface area (Å²) < 4.78 is 0. The Kier molecular flexibility index (Phi) is 3.66. The van der Waals surface area contributed by atoms with Gasteiger partial charge in [0.2, 0.25) is 0 Å². The van der Waals surface area contributed by atoms with Crippen molar-refractivity contribution in [3.63, 3.8) is 0 Å². The lowest BCUT2D eigenvalue weighted by Crippen LogP contribution is -2.22. The minimum Gasteiger partial charge on any atom is -0.348 e. The molecule has 0 aliphatic rings. The number of hydrogen-bond donors (Lipinski definition) is 2. The topological polar surface area (TPSA) is 57.8 Å². The highest BCUT2D eigenvalue weighted by atomic mass is 35.5.